The molecule has 0 fully saturated rings. The number of hydrogen-bond donors (Lipinski definition) is 0. The smallest absolute Gasteiger partial charge is 0.338 e. The van der Waals surface area contributed by atoms with Crippen LogP contribution in [0.15, 0.2) is 66.7 Å². The molecule has 0 N–H and O–H groups in total. The van der Waals surface area contributed by atoms with Gasteiger partial charge in [-0.25, -0.2) is 9.59 Å². The number of carbonyl (C=O) groups is 2. The van der Waals surface area contributed by atoms with E-state index in [0.29, 0.717) is 24.3 Å². The van der Waals surface area contributed by atoms with Gasteiger partial charge < -0.3 is 14.4 Å². The van der Waals surface area contributed by atoms with Crippen molar-refractivity contribution in [2.24, 2.45) is 0 Å². The lowest BCUT2D eigenvalue weighted by Crippen LogP contribution is -2.12. The van der Waals surface area contributed by atoms with Gasteiger partial charge in [0.15, 0.2) is 0 Å². The van der Waals surface area contributed by atoms with Crippen molar-refractivity contribution >= 4 is 11.9 Å². The maximum absolute atomic E-state index is 12.0. The van der Waals surface area contributed by atoms with Crippen molar-refractivity contribution in [1.29, 1.82) is 0 Å². The van der Waals surface area contributed by atoms with Crippen molar-refractivity contribution in [3.8, 4) is 22.3 Å². The molecular formula is C27H29NO4. The van der Waals surface area contributed by atoms with E-state index in [1.807, 2.05) is 44.4 Å². The van der Waals surface area contributed by atoms with E-state index in [4.69, 9.17) is 9.47 Å². The molecule has 0 aromatic heterocycles. The molecule has 5 heteroatoms. The molecule has 0 unspecified atom stereocenters. The van der Waals surface area contributed by atoms with Gasteiger partial charge in [0.2, 0.25) is 0 Å². The summed E-state index contributed by atoms with van der Waals surface area (Å²) >= 11 is 0. The van der Waals surface area contributed by atoms with Crippen molar-refractivity contribution in [2.75, 3.05) is 27.3 Å². The van der Waals surface area contributed by atoms with Gasteiger partial charge in [0.05, 0.1) is 24.3 Å². The number of nitrogens with zero attached hydrogens (tertiary/aromatic N) is 1. The van der Waals surface area contributed by atoms with Crippen LogP contribution in [-0.4, -0.2) is 44.1 Å². The predicted molar refractivity (Wildman–Crippen MR) is 127 cm³/mol. The second kappa shape index (κ2) is 10.7. The quantitative estimate of drug-likeness (QED) is 0.445. The summed E-state index contributed by atoms with van der Waals surface area (Å²) in [6.07, 6.45) is 0. The van der Waals surface area contributed by atoms with E-state index in [-0.39, 0.29) is 11.9 Å². The molecular weight excluding hydrogens is 402 g/mol. The summed E-state index contributed by atoms with van der Waals surface area (Å²) in [5, 5.41) is 0. The molecule has 0 saturated carbocycles. The maximum Gasteiger partial charge on any atom is 0.338 e. The number of hydrogen-bond acceptors (Lipinski definition) is 5. The van der Waals surface area contributed by atoms with E-state index in [1.165, 1.54) is 5.56 Å². The summed E-state index contributed by atoms with van der Waals surface area (Å²) in [4.78, 5) is 26.1. The molecule has 32 heavy (non-hydrogen) atoms. The zero-order valence-corrected chi connectivity index (χ0v) is 19.1. The van der Waals surface area contributed by atoms with Gasteiger partial charge in [0.1, 0.15) is 0 Å². The second-order valence-electron chi connectivity index (χ2n) is 7.67. The van der Waals surface area contributed by atoms with Crippen molar-refractivity contribution in [1.82, 2.24) is 4.90 Å². The van der Waals surface area contributed by atoms with E-state index >= 15 is 0 Å². The first-order chi connectivity index (χ1) is 15.4. The molecule has 0 aliphatic rings. The van der Waals surface area contributed by atoms with Gasteiger partial charge in [0.25, 0.3) is 0 Å². The third-order valence-corrected chi connectivity index (χ3v) is 5.06. The molecule has 0 bridgehead atoms. The Kier molecular flexibility index (Phi) is 7.79. The van der Waals surface area contributed by atoms with Crippen LogP contribution in [0.4, 0.5) is 0 Å². The number of benzene rings is 3. The maximum atomic E-state index is 12.0. The Bertz CT molecular complexity index is 990. The van der Waals surface area contributed by atoms with Crippen LogP contribution in [0.2, 0.25) is 0 Å². The molecule has 0 spiro atoms. The number of carbonyl (C=O) groups excluding carboxylic acids is 2. The van der Waals surface area contributed by atoms with Gasteiger partial charge in [-0.05, 0) is 80.0 Å². The molecule has 0 heterocycles. The van der Waals surface area contributed by atoms with Crippen LogP contribution in [0.3, 0.4) is 0 Å². The van der Waals surface area contributed by atoms with Crippen LogP contribution in [0, 0.1) is 0 Å². The highest BCUT2D eigenvalue weighted by Crippen LogP contribution is 2.33. The van der Waals surface area contributed by atoms with E-state index in [9.17, 15) is 9.59 Å². The minimum Gasteiger partial charge on any atom is -0.462 e. The highest BCUT2D eigenvalue weighted by molar-refractivity contribution is 5.91. The van der Waals surface area contributed by atoms with Crippen molar-refractivity contribution in [2.45, 2.75) is 20.4 Å². The third-order valence-electron chi connectivity index (χ3n) is 5.06. The number of esters is 2. The van der Waals surface area contributed by atoms with Crippen molar-refractivity contribution < 1.29 is 19.1 Å². The Morgan fingerprint density at radius 1 is 0.688 bits per heavy atom. The predicted octanol–water partition coefficient (Wildman–Crippen LogP) is 5.44. The van der Waals surface area contributed by atoms with Crippen molar-refractivity contribution in [3.63, 3.8) is 0 Å². The standard InChI is InChI=1S/C27H29NO4/c1-5-31-26(29)21-14-10-19(11-15-21)23-8-7-9-24(25(23)18-28(3)4)20-12-16-22(17-13-20)27(30)32-6-2/h7-17H,5-6,18H2,1-4H3. The Balaban J connectivity index is 2.01. The lowest BCUT2D eigenvalue weighted by molar-refractivity contribution is 0.0517. The Labute approximate surface area is 189 Å². The monoisotopic (exact) mass is 431 g/mol. The normalized spacial score (nSPS) is 10.8. The van der Waals surface area contributed by atoms with Gasteiger partial charge in [0, 0.05) is 6.54 Å². The molecule has 0 atom stereocenters. The zero-order chi connectivity index (χ0) is 23.1. The molecule has 166 valence electrons. The molecule has 3 aromatic rings. The van der Waals surface area contributed by atoms with Crippen LogP contribution in [-0.2, 0) is 16.0 Å². The third kappa shape index (κ3) is 5.42. The van der Waals surface area contributed by atoms with Gasteiger partial charge >= 0.3 is 11.9 Å². The van der Waals surface area contributed by atoms with Crippen LogP contribution >= 0.6 is 0 Å². The highest BCUT2D eigenvalue weighted by atomic mass is 16.5. The van der Waals surface area contributed by atoms with Crippen LogP contribution in [0.1, 0.15) is 40.1 Å². The number of rotatable bonds is 8. The van der Waals surface area contributed by atoms with E-state index < -0.39 is 0 Å². The fraction of sp³-hybridized carbons (Fsp3) is 0.259. The second-order valence-corrected chi connectivity index (χ2v) is 7.67. The molecule has 5 nitrogen and oxygen atoms in total. The van der Waals surface area contributed by atoms with E-state index in [2.05, 4.69) is 17.0 Å². The highest BCUT2D eigenvalue weighted by Gasteiger charge is 2.15. The van der Waals surface area contributed by atoms with Crippen LogP contribution in [0.25, 0.3) is 22.3 Å². The molecule has 3 rings (SSSR count). The summed E-state index contributed by atoms with van der Waals surface area (Å²) < 4.78 is 10.2. The van der Waals surface area contributed by atoms with Gasteiger partial charge in [-0.2, -0.15) is 0 Å². The Hall–Kier alpha value is -3.44. The average molecular weight is 432 g/mol. The average Bonchev–Trinajstić information content (AvgIpc) is 2.79. The molecule has 0 radical (unpaired) electrons. The molecule has 0 saturated heterocycles. The number of ether oxygens (including phenoxy) is 2. The molecule has 0 amide bonds. The van der Waals surface area contributed by atoms with Gasteiger partial charge in [-0.1, -0.05) is 42.5 Å². The summed E-state index contributed by atoms with van der Waals surface area (Å²) in [5.41, 5.74) is 6.50. The fourth-order valence-electron chi connectivity index (χ4n) is 3.61. The minimum absolute atomic E-state index is 0.317. The van der Waals surface area contributed by atoms with Gasteiger partial charge in [-0.3, -0.25) is 0 Å². The zero-order valence-electron chi connectivity index (χ0n) is 19.1. The summed E-state index contributed by atoms with van der Waals surface area (Å²) in [5.74, 6) is -0.633. The minimum atomic E-state index is -0.317. The van der Waals surface area contributed by atoms with Gasteiger partial charge in [-0.15, -0.1) is 0 Å². The first-order valence-corrected chi connectivity index (χ1v) is 10.8. The topological polar surface area (TPSA) is 55.8 Å². The lowest BCUT2D eigenvalue weighted by Gasteiger charge is -2.19. The molecule has 0 aliphatic heterocycles. The SMILES string of the molecule is CCOC(=O)c1ccc(-c2cccc(-c3ccc(C(=O)OCC)cc3)c2CN(C)C)cc1. The molecule has 3 aromatic carbocycles. The summed E-state index contributed by atoms with van der Waals surface area (Å²) in [6.45, 7) is 5.04. The largest absolute Gasteiger partial charge is 0.462 e. The first-order valence-electron chi connectivity index (χ1n) is 10.8. The van der Waals surface area contributed by atoms with Crippen LogP contribution < -0.4 is 0 Å². The Morgan fingerprint density at radius 3 is 1.44 bits per heavy atom. The molecule has 0 aliphatic carbocycles. The fourth-order valence-corrected chi connectivity index (χ4v) is 3.61. The summed E-state index contributed by atoms with van der Waals surface area (Å²) in [6, 6.07) is 21.2. The van der Waals surface area contributed by atoms with E-state index in [1.54, 1.807) is 38.1 Å². The lowest BCUT2D eigenvalue weighted by atomic mass is 9.91. The van der Waals surface area contributed by atoms with E-state index in [0.717, 1.165) is 28.8 Å². The Morgan fingerprint density at radius 2 is 1.09 bits per heavy atom. The summed E-state index contributed by atoms with van der Waals surface area (Å²) in [7, 11) is 4.07. The van der Waals surface area contributed by atoms with Crippen molar-refractivity contribution in [3.05, 3.63) is 83.4 Å². The van der Waals surface area contributed by atoms with Crippen LogP contribution in [0.5, 0.6) is 0 Å². The first kappa shape index (κ1) is 23.2.